The summed E-state index contributed by atoms with van der Waals surface area (Å²) < 4.78 is 5.15. The van der Waals surface area contributed by atoms with Gasteiger partial charge in [0.1, 0.15) is 0 Å². The molecular formula is C12H26NO2+. The highest BCUT2D eigenvalue weighted by atomic mass is 16.5. The van der Waals surface area contributed by atoms with Crippen LogP contribution in [-0.4, -0.2) is 18.6 Å². The molecule has 3 heteroatoms. The van der Waals surface area contributed by atoms with Crippen LogP contribution < -0.4 is 5.73 Å². The van der Waals surface area contributed by atoms with Gasteiger partial charge in [0, 0.05) is 6.42 Å². The largest absolute Gasteiger partial charge is 0.461 e. The topological polar surface area (TPSA) is 53.9 Å². The molecule has 0 aliphatic carbocycles. The van der Waals surface area contributed by atoms with E-state index in [1.165, 1.54) is 12.8 Å². The Morgan fingerprint density at radius 2 is 1.93 bits per heavy atom. The minimum Gasteiger partial charge on any atom is -0.461 e. The lowest BCUT2D eigenvalue weighted by molar-refractivity contribution is -0.411. The molecule has 0 unspecified atom stereocenters. The van der Waals surface area contributed by atoms with Crippen LogP contribution in [0, 0.1) is 5.92 Å². The Morgan fingerprint density at radius 3 is 2.47 bits per heavy atom. The third kappa shape index (κ3) is 8.43. The molecule has 0 saturated heterocycles. The van der Waals surface area contributed by atoms with Crippen molar-refractivity contribution in [2.24, 2.45) is 5.92 Å². The van der Waals surface area contributed by atoms with E-state index < -0.39 is 0 Å². The monoisotopic (exact) mass is 216 g/mol. The van der Waals surface area contributed by atoms with Crippen LogP contribution in [-0.2, 0) is 9.53 Å². The molecule has 15 heavy (non-hydrogen) atoms. The fourth-order valence-electron chi connectivity index (χ4n) is 1.48. The second-order valence-corrected chi connectivity index (χ2v) is 4.55. The third-order valence-electron chi connectivity index (χ3n) is 2.33. The minimum absolute atomic E-state index is 0.139. The van der Waals surface area contributed by atoms with E-state index in [1.807, 2.05) is 0 Å². The van der Waals surface area contributed by atoms with Crippen molar-refractivity contribution in [1.29, 1.82) is 0 Å². The van der Waals surface area contributed by atoms with Crippen LogP contribution in [0.3, 0.4) is 0 Å². The number of rotatable bonds is 8. The van der Waals surface area contributed by atoms with Gasteiger partial charge in [-0.2, -0.15) is 0 Å². The standard InChI is InChI=1S/C12H25NO2/c1-4-5-6-7-8-15-12(14)11(13)9-10(2)3/h10-11H,4-9,13H2,1-3H3/p+1/t11-/m1/s1. The molecule has 0 spiro atoms. The van der Waals surface area contributed by atoms with Crippen molar-refractivity contribution in [3.63, 3.8) is 0 Å². The van der Waals surface area contributed by atoms with Gasteiger partial charge in [-0.3, -0.25) is 0 Å². The summed E-state index contributed by atoms with van der Waals surface area (Å²) in [7, 11) is 0. The number of hydrogen-bond acceptors (Lipinski definition) is 2. The summed E-state index contributed by atoms with van der Waals surface area (Å²) in [5, 5.41) is 0. The number of carbonyl (C=O) groups is 1. The molecule has 0 saturated carbocycles. The van der Waals surface area contributed by atoms with Gasteiger partial charge in [0.05, 0.1) is 6.61 Å². The summed E-state index contributed by atoms with van der Waals surface area (Å²) in [6.45, 7) is 6.91. The van der Waals surface area contributed by atoms with Gasteiger partial charge < -0.3 is 10.5 Å². The quantitative estimate of drug-likeness (QED) is 0.496. The van der Waals surface area contributed by atoms with Crippen molar-refractivity contribution in [2.45, 2.75) is 58.9 Å². The first-order valence-corrected chi connectivity index (χ1v) is 6.07. The van der Waals surface area contributed by atoms with Crippen molar-refractivity contribution in [1.82, 2.24) is 0 Å². The number of unbranched alkanes of at least 4 members (excludes halogenated alkanes) is 3. The normalized spacial score (nSPS) is 12.9. The molecule has 0 rings (SSSR count). The van der Waals surface area contributed by atoms with Crippen molar-refractivity contribution in [3.05, 3.63) is 0 Å². The van der Waals surface area contributed by atoms with Gasteiger partial charge in [-0.05, 0) is 12.3 Å². The van der Waals surface area contributed by atoms with Gasteiger partial charge in [0.15, 0.2) is 6.04 Å². The predicted octanol–water partition coefficient (Wildman–Crippen LogP) is 1.77. The van der Waals surface area contributed by atoms with Crippen molar-refractivity contribution >= 4 is 5.97 Å². The summed E-state index contributed by atoms with van der Waals surface area (Å²) in [5.74, 6) is 0.361. The molecule has 0 aromatic heterocycles. The van der Waals surface area contributed by atoms with E-state index >= 15 is 0 Å². The van der Waals surface area contributed by atoms with Gasteiger partial charge in [-0.25, -0.2) is 4.79 Å². The lowest BCUT2D eigenvalue weighted by Gasteiger charge is -2.10. The molecule has 0 fully saturated rings. The Balaban J connectivity index is 3.47. The fourth-order valence-corrected chi connectivity index (χ4v) is 1.48. The van der Waals surface area contributed by atoms with E-state index in [9.17, 15) is 4.79 Å². The smallest absolute Gasteiger partial charge is 0.364 e. The highest BCUT2D eigenvalue weighted by Gasteiger charge is 2.19. The summed E-state index contributed by atoms with van der Waals surface area (Å²) in [4.78, 5) is 11.4. The first kappa shape index (κ1) is 14.4. The maximum absolute atomic E-state index is 11.4. The second-order valence-electron chi connectivity index (χ2n) is 4.55. The molecule has 0 heterocycles. The lowest BCUT2D eigenvalue weighted by Crippen LogP contribution is -2.65. The molecule has 0 radical (unpaired) electrons. The summed E-state index contributed by atoms with van der Waals surface area (Å²) >= 11 is 0. The number of esters is 1. The van der Waals surface area contributed by atoms with Crippen LogP contribution in [0.5, 0.6) is 0 Å². The molecule has 0 aromatic rings. The fraction of sp³-hybridized carbons (Fsp3) is 0.917. The third-order valence-corrected chi connectivity index (χ3v) is 2.33. The second kappa shape index (κ2) is 8.72. The van der Waals surface area contributed by atoms with E-state index in [1.54, 1.807) is 0 Å². The predicted molar refractivity (Wildman–Crippen MR) is 61.2 cm³/mol. The minimum atomic E-state index is -0.198. The Hall–Kier alpha value is -0.570. The summed E-state index contributed by atoms with van der Waals surface area (Å²) in [6, 6.07) is -0.198. The SMILES string of the molecule is CCCCCCOC(=O)[C@H]([NH3+])CC(C)C. The van der Waals surface area contributed by atoms with Gasteiger partial charge in [-0.15, -0.1) is 0 Å². The zero-order chi connectivity index (χ0) is 11.7. The van der Waals surface area contributed by atoms with Crippen LogP contribution in [0.4, 0.5) is 0 Å². The van der Waals surface area contributed by atoms with Crippen LogP contribution in [0.25, 0.3) is 0 Å². The molecule has 0 aliphatic rings. The van der Waals surface area contributed by atoms with E-state index in [0.29, 0.717) is 12.5 Å². The van der Waals surface area contributed by atoms with Crippen LogP contribution in [0.1, 0.15) is 52.9 Å². The van der Waals surface area contributed by atoms with Gasteiger partial charge in [-0.1, -0.05) is 40.0 Å². The molecule has 3 nitrogen and oxygen atoms in total. The van der Waals surface area contributed by atoms with E-state index in [-0.39, 0.29) is 12.0 Å². The van der Waals surface area contributed by atoms with Crippen LogP contribution in [0.15, 0.2) is 0 Å². The highest BCUT2D eigenvalue weighted by molar-refractivity contribution is 5.73. The number of ether oxygens (including phenoxy) is 1. The Labute approximate surface area is 93.4 Å². The van der Waals surface area contributed by atoms with Gasteiger partial charge in [0.2, 0.25) is 0 Å². The Morgan fingerprint density at radius 1 is 1.27 bits per heavy atom. The summed E-state index contributed by atoms with van der Waals surface area (Å²) in [6.07, 6.45) is 5.37. The molecule has 1 atom stereocenters. The molecule has 0 aromatic carbocycles. The number of quaternary nitrogens is 1. The molecule has 3 N–H and O–H groups in total. The zero-order valence-corrected chi connectivity index (χ0v) is 10.4. The van der Waals surface area contributed by atoms with Gasteiger partial charge in [0.25, 0.3) is 0 Å². The first-order chi connectivity index (χ1) is 7.07. The maximum Gasteiger partial charge on any atom is 0.364 e. The summed E-state index contributed by atoms with van der Waals surface area (Å²) in [5.41, 5.74) is 3.82. The van der Waals surface area contributed by atoms with Crippen LogP contribution >= 0.6 is 0 Å². The molecule has 90 valence electrons. The Bertz CT molecular complexity index is 169. The van der Waals surface area contributed by atoms with Crippen molar-refractivity contribution in [2.75, 3.05) is 6.61 Å². The van der Waals surface area contributed by atoms with E-state index in [4.69, 9.17) is 4.74 Å². The van der Waals surface area contributed by atoms with Gasteiger partial charge >= 0.3 is 5.97 Å². The lowest BCUT2D eigenvalue weighted by atomic mass is 10.1. The molecule has 0 amide bonds. The average molecular weight is 216 g/mol. The van der Waals surface area contributed by atoms with Crippen molar-refractivity contribution < 1.29 is 15.3 Å². The molecule has 0 aliphatic heterocycles. The maximum atomic E-state index is 11.4. The molecule has 0 bridgehead atoms. The van der Waals surface area contributed by atoms with Crippen molar-refractivity contribution in [3.8, 4) is 0 Å². The first-order valence-electron chi connectivity index (χ1n) is 6.07. The highest BCUT2D eigenvalue weighted by Crippen LogP contribution is 2.04. The Kier molecular flexibility index (Phi) is 8.38. The van der Waals surface area contributed by atoms with E-state index in [2.05, 4.69) is 26.5 Å². The molecular weight excluding hydrogens is 190 g/mol. The van der Waals surface area contributed by atoms with Crippen LogP contribution in [0.2, 0.25) is 0 Å². The number of carbonyl (C=O) groups excluding carboxylic acids is 1. The zero-order valence-electron chi connectivity index (χ0n) is 10.4. The van der Waals surface area contributed by atoms with E-state index in [0.717, 1.165) is 19.3 Å². The number of hydrogen-bond donors (Lipinski definition) is 1. The average Bonchev–Trinajstić information content (AvgIpc) is 2.16.